The van der Waals surface area contributed by atoms with Crippen molar-refractivity contribution in [1.29, 1.82) is 0 Å². The van der Waals surface area contributed by atoms with Gasteiger partial charge in [0.15, 0.2) is 0 Å². The largest absolute Gasteiger partial charge is 0.481 e. The van der Waals surface area contributed by atoms with Crippen molar-refractivity contribution < 1.29 is 14.6 Å². The van der Waals surface area contributed by atoms with Crippen molar-refractivity contribution in [3.05, 3.63) is 18.2 Å². The molecule has 0 radical (unpaired) electrons. The summed E-state index contributed by atoms with van der Waals surface area (Å²) >= 11 is 0. The van der Waals surface area contributed by atoms with Gasteiger partial charge in [-0.3, -0.25) is 9.69 Å². The number of hydrogen-bond acceptors (Lipinski definition) is 4. The molecule has 6 nitrogen and oxygen atoms in total. The number of rotatable bonds is 5. The second-order valence-electron chi connectivity index (χ2n) is 5.32. The van der Waals surface area contributed by atoms with E-state index in [4.69, 9.17) is 4.74 Å². The predicted molar refractivity (Wildman–Crippen MR) is 69.7 cm³/mol. The molecule has 1 aromatic heterocycles. The van der Waals surface area contributed by atoms with Crippen molar-refractivity contribution in [1.82, 2.24) is 14.5 Å². The SMILES string of the molecule is CN(Cc1nccn1C)CC1(C(=O)O)CCOCC1. The van der Waals surface area contributed by atoms with E-state index in [1.165, 1.54) is 0 Å². The van der Waals surface area contributed by atoms with Crippen LogP contribution in [0.1, 0.15) is 18.7 Å². The number of carbonyl (C=O) groups is 1. The van der Waals surface area contributed by atoms with Crippen LogP contribution in [0, 0.1) is 5.41 Å². The third-order valence-corrected chi connectivity index (χ3v) is 3.81. The van der Waals surface area contributed by atoms with E-state index >= 15 is 0 Å². The van der Waals surface area contributed by atoms with Gasteiger partial charge in [-0.2, -0.15) is 0 Å². The van der Waals surface area contributed by atoms with E-state index in [1.54, 1.807) is 6.20 Å². The van der Waals surface area contributed by atoms with Gasteiger partial charge in [0, 0.05) is 39.2 Å². The summed E-state index contributed by atoms with van der Waals surface area (Å²) in [5, 5.41) is 9.52. The number of hydrogen-bond donors (Lipinski definition) is 1. The average molecular weight is 267 g/mol. The molecule has 1 N–H and O–H groups in total. The maximum Gasteiger partial charge on any atom is 0.311 e. The Morgan fingerprint density at radius 1 is 1.58 bits per heavy atom. The van der Waals surface area contributed by atoms with Crippen LogP contribution in [0.5, 0.6) is 0 Å². The normalized spacial score (nSPS) is 18.7. The Balaban J connectivity index is 2.01. The van der Waals surface area contributed by atoms with Gasteiger partial charge >= 0.3 is 5.97 Å². The van der Waals surface area contributed by atoms with Crippen molar-refractivity contribution in [3.63, 3.8) is 0 Å². The Bertz CT molecular complexity index is 438. The van der Waals surface area contributed by atoms with Crippen LogP contribution in [-0.2, 0) is 23.1 Å². The minimum atomic E-state index is -0.720. The minimum Gasteiger partial charge on any atom is -0.481 e. The quantitative estimate of drug-likeness (QED) is 0.852. The van der Waals surface area contributed by atoms with Crippen LogP contribution >= 0.6 is 0 Å². The Labute approximate surface area is 113 Å². The molecule has 0 spiro atoms. The van der Waals surface area contributed by atoms with Gasteiger partial charge in [0.25, 0.3) is 0 Å². The van der Waals surface area contributed by atoms with Crippen molar-refractivity contribution >= 4 is 5.97 Å². The molecule has 1 aliphatic rings. The van der Waals surface area contributed by atoms with E-state index in [1.807, 2.05) is 29.8 Å². The summed E-state index contributed by atoms with van der Waals surface area (Å²) in [7, 11) is 3.88. The highest BCUT2D eigenvalue weighted by atomic mass is 16.5. The summed E-state index contributed by atoms with van der Waals surface area (Å²) < 4.78 is 7.24. The van der Waals surface area contributed by atoms with E-state index in [9.17, 15) is 9.90 Å². The molecule has 0 atom stereocenters. The van der Waals surface area contributed by atoms with Crippen molar-refractivity contribution in [2.75, 3.05) is 26.8 Å². The van der Waals surface area contributed by atoms with Crippen LogP contribution in [-0.4, -0.2) is 52.3 Å². The molecule has 0 saturated carbocycles. The van der Waals surface area contributed by atoms with Crippen molar-refractivity contribution in [2.24, 2.45) is 12.5 Å². The van der Waals surface area contributed by atoms with Gasteiger partial charge in [-0.05, 0) is 19.9 Å². The first-order chi connectivity index (χ1) is 9.03. The van der Waals surface area contributed by atoms with E-state index in [0.29, 0.717) is 39.1 Å². The zero-order chi connectivity index (χ0) is 13.9. The average Bonchev–Trinajstić information content (AvgIpc) is 2.76. The lowest BCUT2D eigenvalue weighted by atomic mass is 9.80. The van der Waals surface area contributed by atoms with Crippen LogP contribution in [0.25, 0.3) is 0 Å². The van der Waals surface area contributed by atoms with Gasteiger partial charge in [0.05, 0.1) is 12.0 Å². The molecule has 0 aromatic carbocycles. The topological polar surface area (TPSA) is 67.6 Å². The van der Waals surface area contributed by atoms with Gasteiger partial charge < -0.3 is 14.4 Å². The number of aliphatic carboxylic acids is 1. The minimum absolute atomic E-state index is 0.526. The van der Waals surface area contributed by atoms with Crippen molar-refractivity contribution in [3.8, 4) is 0 Å². The number of nitrogens with zero attached hydrogens (tertiary/aromatic N) is 3. The molecule has 106 valence electrons. The summed E-state index contributed by atoms with van der Waals surface area (Å²) in [5.74, 6) is 0.220. The zero-order valence-corrected chi connectivity index (χ0v) is 11.5. The summed E-state index contributed by atoms with van der Waals surface area (Å²) in [5.41, 5.74) is -0.682. The van der Waals surface area contributed by atoms with Gasteiger partial charge in [-0.1, -0.05) is 0 Å². The number of ether oxygens (including phenoxy) is 1. The van der Waals surface area contributed by atoms with Crippen LogP contribution < -0.4 is 0 Å². The Kier molecular flexibility index (Phi) is 4.21. The van der Waals surface area contributed by atoms with Gasteiger partial charge in [0.2, 0.25) is 0 Å². The fourth-order valence-electron chi connectivity index (χ4n) is 2.56. The molecule has 0 unspecified atom stereocenters. The molecule has 2 heterocycles. The Morgan fingerprint density at radius 3 is 2.79 bits per heavy atom. The third kappa shape index (κ3) is 3.13. The standard InChI is InChI=1S/C13H21N3O3/c1-15(9-11-14-5-6-16(11)2)10-13(12(17)18)3-7-19-8-4-13/h5-6H,3-4,7-10H2,1-2H3,(H,17,18). The molecule has 1 aliphatic heterocycles. The summed E-state index contributed by atoms with van der Waals surface area (Å²) in [6.07, 6.45) is 4.80. The van der Waals surface area contributed by atoms with Crippen LogP contribution in [0.4, 0.5) is 0 Å². The fraction of sp³-hybridized carbons (Fsp3) is 0.692. The highest BCUT2D eigenvalue weighted by Gasteiger charge is 2.41. The van der Waals surface area contributed by atoms with E-state index in [0.717, 1.165) is 5.82 Å². The summed E-state index contributed by atoms with van der Waals surface area (Å²) in [6, 6.07) is 0. The van der Waals surface area contributed by atoms with Crippen LogP contribution in [0.15, 0.2) is 12.4 Å². The zero-order valence-electron chi connectivity index (χ0n) is 11.5. The number of aromatic nitrogens is 2. The monoisotopic (exact) mass is 267 g/mol. The smallest absolute Gasteiger partial charge is 0.311 e. The Morgan fingerprint density at radius 2 is 2.26 bits per heavy atom. The van der Waals surface area contributed by atoms with Gasteiger partial charge in [-0.15, -0.1) is 0 Å². The number of aryl methyl sites for hydroxylation is 1. The second kappa shape index (κ2) is 5.71. The van der Waals surface area contributed by atoms with E-state index in [2.05, 4.69) is 4.98 Å². The molecule has 0 aliphatic carbocycles. The first-order valence-electron chi connectivity index (χ1n) is 6.49. The summed E-state index contributed by atoms with van der Waals surface area (Å²) in [4.78, 5) is 17.9. The molecule has 0 amide bonds. The second-order valence-corrected chi connectivity index (χ2v) is 5.32. The molecule has 6 heteroatoms. The number of carboxylic acid groups (broad SMARTS) is 1. The highest BCUT2D eigenvalue weighted by molar-refractivity contribution is 5.75. The molecule has 0 bridgehead atoms. The van der Waals surface area contributed by atoms with Gasteiger partial charge in [-0.25, -0.2) is 4.98 Å². The lowest BCUT2D eigenvalue weighted by molar-refractivity contribution is -0.156. The molecule has 19 heavy (non-hydrogen) atoms. The van der Waals surface area contributed by atoms with Crippen molar-refractivity contribution in [2.45, 2.75) is 19.4 Å². The highest BCUT2D eigenvalue weighted by Crippen LogP contribution is 2.31. The molecule has 2 rings (SSSR count). The van der Waals surface area contributed by atoms with Crippen LogP contribution in [0.3, 0.4) is 0 Å². The first-order valence-corrected chi connectivity index (χ1v) is 6.49. The lowest BCUT2D eigenvalue weighted by Gasteiger charge is -2.36. The summed E-state index contributed by atoms with van der Waals surface area (Å²) in [6.45, 7) is 2.24. The maximum atomic E-state index is 11.6. The predicted octanol–water partition coefficient (Wildman–Crippen LogP) is 0.733. The molecular formula is C13H21N3O3. The molecular weight excluding hydrogens is 246 g/mol. The molecule has 1 aromatic rings. The van der Waals surface area contributed by atoms with Crippen LogP contribution in [0.2, 0.25) is 0 Å². The fourth-order valence-corrected chi connectivity index (χ4v) is 2.56. The third-order valence-electron chi connectivity index (χ3n) is 3.81. The lowest BCUT2D eigenvalue weighted by Crippen LogP contribution is -2.45. The first kappa shape index (κ1) is 14.0. The molecule has 1 saturated heterocycles. The number of imidazole rings is 1. The van der Waals surface area contributed by atoms with E-state index in [-0.39, 0.29) is 0 Å². The Hall–Kier alpha value is -1.40. The van der Waals surface area contributed by atoms with E-state index < -0.39 is 11.4 Å². The number of carboxylic acids is 1. The molecule has 1 fully saturated rings. The maximum absolute atomic E-state index is 11.6. The van der Waals surface area contributed by atoms with Gasteiger partial charge in [0.1, 0.15) is 5.82 Å².